The van der Waals surface area contributed by atoms with Crippen LogP contribution < -0.4 is 14.8 Å². The fourth-order valence-corrected chi connectivity index (χ4v) is 3.32. The fraction of sp³-hybridized carbons (Fsp3) is 0.120. The smallest absolute Gasteiger partial charge is 0.262 e. The first-order valence-corrected chi connectivity index (χ1v) is 11.0. The highest BCUT2D eigenvalue weighted by atomic mass is 35.5. The van der Waals surface area contributed by atoms with E-state index in [1.54, 1.807) is 66.7 Å². The van der Waals surface area contributed by atoms with E-state index in [0.29, 0.717) is 44.4 Å². The molecule has 3 aromatic carbocycles. The predicted octanol–water partition coefficient (Wildman–Crippen LogP) is 7.13. The SMILES string of the molecule is CCOc1cc(/C=C(\C#N)c2ccc(Cl)cc2)ccc1OCC(=O)Nc1ccc(Cl)c(Cl)c1. The number of rotatable bonds is 8. The molecule has 33 heavy (non-hydrogen) atoms. The molecule has 3 rings (SSSR count). The molecule has 1 N–H and O–H groups in total. The van der Waals surface area contributed by atoms with Crippen molar-refractivity contribution in [1.82, 2.24) is 0 Å². The lowest BCUT2D eigenvalue weighted by Gasteiger charge is -2.13. The summed E-state index contributed by atoms with van der Waals surface area (Å²) in [6.07, 6.45) is 1.74. The predicted molar refractivity (Wildman–Crippen MR) is 133 cm³/mol. The van der Waals surface area contributed by atoms with Gasteiger partial charge < -0.3 is 14.8 Å². The second kappa shape index (κ2) is 11.6. The van der Waals surface area contributed by atoms with Crippen molar-refractivity contribution in [3.8, 4) is 17.6 Å². The minimum atomic E-state index is -0.366. The number of nitriles is 1. The van der Waals surface area contributed by atoms with Crippen molar-refractivity contribution in [2.24, 2.45) is 0 Å². The number of nitrogens with zero attached hydrogens (tertiary/aromatic N) is 1. The lowest BCUT2D eigenvalue weighted by molar-refractivity contribution is -0.118. The van der Waals surface area contributed by atoms with E-state index in [1.165, 1.54) is 0 Å². The van der Waals surface area contributed by atoms with E-state index in [9.17, 15) is 10.1 Å². The van der Waals surface area contributed by atoms with Gasteiger partial charge >= 0.3 is 0 Å². The van der Waals surface area contributed by atoms with Gasteiger partial charge in [-0.15, -0.1) is 0 Å². The Labute approximate surface area is 207 Å². The van der Waals surface area contributed by atoms with Crippen molar-refractivity contribution < 1.29 is 14.3 Å². The Kier molecular flexibility index (Phi) is 8.62. The van der Waals surface area contributed by atoms with Gasteiger partial charge in [-0.05, 0) is 66.6 Å². The van der Waals surface area contributed by atoms with Gasteiger partial charge in [0.05, 0.1) is 28.3 Å². The molecule has 0 aliphatic rings. The standard InChI is InChI=1S/C25H19Cl3N2O3/c1-2-32-24-12-16(11-18(14-29)17-4-6-19(26)7-5-17)3-10-23(24)33-15-25(31)30-20-8-9-21(27)22(28)13-20/h3-13H,2,15H2,1H3,(H,30,31)/b18-11+. The third kappa shape index (κ3) is 6.90. The lowest BCUT2D eigenvalue weighted by atomic mass is 10.0. The molecule has 0 heterocycles. The van der Waals surface area contributed by atoms with Crippen LogP contribution in [0.1, 0.15) is 18.1 Å². The van der Waals surface area contributed by atoms with Crippen molar-refractivity contribution in [2.75, 3.05) is 18.5 Å². The van der Waals surface area contributed by atoms with Gasteiger partial charge in [0.25, 0.3) is 5.91 Å². The molecule has 0 aromatic heterocycles. The molecule has 1 amide bonds. The zero-order valence-corrected chi connectivity index (χ0v) is 19.8. The topological polar surface area (TPSA) is 71.3 Å². The molecule has 0 unspecified atom stereocenters. The Hall–Kier alpha value is -3.17. The Bertz CT molecular complexity index is 1220. The summed E-state index contributed by atoms with van der Waals surface area (Å²) in [6, 6.07) is 19.2. The van der Waals surface area contributed by atoms with Crippen LogP contribution in [0.15, 0.2) is 60.7 Å². The van der Waals surface area contributed by atoms with E-state index in [4.69, 9.17) is 44.3 Å². The normalized spacial score (nSPS) is 10.9. The highest BCUT2D eigenvalue weighted by Crippen LogP contribution is 2.31. The number of allylic oxidation sites excluding steroid dienone is 1. The molecule has 0 aliphatic heterocycles. The second-order valence-corrected chi connectivity index (χ2v) is 8.03. The van der Waals surface area contributed by atoms with Crippen LogP contribution in [0.25, 0.3) is 11.6 Å². The zero-order chi connectivity index (χ0) is 23.8. The van der Waals surface area contributed by atoms with E-state index in [2.05, 4.69) is 11.4 Å². The number of ether oxygens (including phenoxy) is 2. The quantitative estimate of drug-likeness (QED) is 0.263. The maximum atomic E-state index is 12.3. The third-order valence-electron chi connectivity index (χ3n) is 4.42. The van der Waals surface area contributed by atoms with Crippen LogP contribution in [0, 0.1) is 11.3 Å². The monoisotopic (exact) mass is 500 g/mol. The number of carbonyl (C=O) groups excluding carboxylic acids is 1. The Morgan fingerprint density at radius 1 is 0.970 bits per heavy atom. The first-order chi connectivity index (χ1) is 15.9. The Morgan fingerprint density at radius 3 is 2.39 bits per heavy atom. The van der Waals surface area contributed by atoms with E-state index >= 15 is 0 Å². The van der Waals surface area contributed by atoms with Gasteiger partial charge in [0.1, 0.15) is 0 Å². The molecule has 3 aromatic rings. The summed E-state index contributed by atoms with van der Waals surface area (Å²) < 4.78 is 11.3. The number of carbonyl (C=O) groups is 1. The molecule has 0 saturated carbocycles. The van der Waals surface area contributed by atoms with Crippen LogP contribution in [-0.2, 0) is 4.79 Å². The number of benzene rings is 3. The number of nitrogens with one attached hydrogen (secondary N) is 1. The van der Waals surface area contributed by atoms with Crippen LogP contribution in [0.5, 0.6) is 11.5 Å². The van der Waals surface area contributed by atoms with Gasteiger partial charge in [0.15, 0.2) is 18.1 Å². The first-order valence-electron chi connectivity index (χ1n) is 9.92. The van der Waals surface area contributed by atoms with Crippen LogP contribution in [0.2, 0.25) is 15.1 Å². The van der Waals surface area contributed by atoms with Crippen LogP contribution in [0.3, 0.4) is 0 Å². The van der Waals surface area contributed by atoms with E-state index < -0.39 is 0 Å². The molecular weight excluding hydrogens is 483 g/mol. The largest absolute Gasteiger partial charge is 0.490 e. The second-order valence-electron chi connectivity index (χ2n) is 6.78. The zero-order valence-electron chi connectivity index (χ0n) is 17.6. The number of hydrogen-bond donors (Lipinski definition) is 1. The first kappa shape index (κ1) is 24.5. The maximum Gasteiger partial charge on any atom is 0.262 e. The summed E-state index contributed by atoms with van der Waals surface area (Å²) in [5.74, 6) is 0.500. The van der Waals surface area contributed by atoms with Gasteiger partial charge in [-0.3, -0.25) is 4.79 Å². The van der Waals surface area contributed by atoms with Crippen molar-refractivity contribution in [3.05, 3.63) is 86.9 Å². The highest BCUT2D eigenvalue weighted by Gasteiger charge is 2.11. The molecule has 0 fully saturated rings. The molecule has 0 bridgehead atoms. The summed E-state index contributed by atoms with van der Waals surface area (Å²) >= 11 is 17.8. The molecule has 0 atom stereocenters. The minimum Gasteiger partial charge on any atom is -0.490 e. The molecule has 168 valence electrons. The van der Waals surface area contributed by atoms with Crippen molar-refractivity contribution in [1.29, 1.82) is 5.26 Å². The van der Waals surface area contributed by atoms with E-state index in [-0.39, 0.29) is 12.5 Å². The van der Waals surface area contributed by atoms with Gasteiger partial charge in [0.2, 0.25) is 0 Å². The van der Waals surface area contributed by atoms with Crippen molar-refractivity contribution in [2.45, 2.75) is 6.92 Å². The summed E-state index contributed by atoms with van der Waals surface area (Å²) in [4.78, 5) is 12.3. The Balaban J connectivity index is 1.73. The van der Waals surface area contributed by atoms with Crippen LogP contribution >= 0.6 is 34.8 Å². The lowest BCUT2D eigenvalue weighted by Crippen LogP contribution is -2.20. The molecule has 0 radical (unpaired) electrons. The molecule has 0 aliphatic carbocycles. The van der Waals surface area contributed by atoms with Crippen molar-refractivity contribution in [3.63, 3.8) is 0 Å². The summed E-state index contributed by atoms with van der Waals surface area (Å²) in [5, 5.41) is 13.6. The number of amides is 1. The van der Waals surface area contributed by atoms with Gasteiger partial charge in [-0.1, -0.05) is 53.0 Å². The van der Waals surface area contributed by atoms with E-state index in [1.807, 2.05) is 6.92 Å². The van der Waals surface area contributed by atoms with Crippen LogP contribution in [0.4, 0.5) is 5.69 Å². The Morgan fingerprint density at radius 2 is 1.73 bits per heavy atom. The average Bonchev–Trinajstić information content (AvgIpc) is 2.80. The van der Waals surface area contributed by atoms with Gasteiger partial charge in [-0.2, -0.15) is 5.26 Å². The summed E-state index contributed by atoms with van der Waals surface area (Å²) in [6.45, 7) is 2.02. The maximum absolute atomic E-state index is 12.3. The average molecular weight is 502 g/mol. The molecule has 5 nitrogen and oxygen atoms in total. The fourth-order valence-electron chi connectivity index (χ4n) is 2.89. The highest BCUT2D eigenvalue weighted by molar-refractivity contribution is 6.42. The molecule has 0 spiro atoms. The van der Waals surface area contributed by atoms with Gasteiger partial charge in [-0.25, -0.2) is 0 Å². The van der Waals surface area contributed by atoms with Crippen molar-refractivity contribution >= 4 is 58.0 Å². The van der Waals surface area contributed by atoms with Crippen LogP contribution in [-0.4, -0.2) is 19.1 Å². The third-order valence-corrected chi connectivity index (χ3v) is 5.41. The minimum absolute atomic E-state index is 0.232. The number of halogens is 3. The molecule has 8 heteroatoms. The summed E-state index contributed by atoms with van der Waals surface area (Å²) in [7, 11) is 0. The molecular formula is C25H19Cl3N2O3. The summed E-state index contributed by atoms with van der Waals surface area (Å²) in [5.41, 5.74) is 2.48. The number of hydrogen-bond acceptors (Lipinski definition) is 4. The number of anilines is 1. The van der Waals surface area contributed by atoms with E-state index in [0.717, 1.165) is 11.1 Å². The molecule has 0 saturated heterocycles. The van der Waals surface area contributed by atoms with Gasteiger partial charge in [0, 0.05) is 10.7 Å².